The molecule has 1 aromatic heterocycles. The smallest absolute Gasteiger partial charge is 0.298 e. The molecule has 0 radical (unpaired) electrons. The Kier molecular flexibility index (Phi) is 7.16. The van der Waals surface area contributed by atoms with Gasteiger partial charge in [0.2, 0.25) is 5.91 Å². The number of carbonyl (C=O) groups is 1. The molecular weight excluding hydrogens is 399 g/mol. The molecule has 3 aromatic rings. The number of benzene rings is 2. The molecule has 1 saturated heterocycles. The van der Waals surface area contributed by atoms with Gasteiger partial charge in [0, 0.05) is 30.4 Å². The number of para-hydroxylation sites is 2. The number of nitrogens with one attached hydrogen (secondary N) is 1. The van der Waals surface area contributed by atoms with Gasteiger partial charge in [0.1, 0.15) is 5.52 Å². The highest BCUT2D eigenvalue weighted by Gasteiger charge is 2.27. The van der Waals surface area contributed by atoms with Crippen molar-refractivity contribution >= 4 is 59.2 Å². The Hall–Kier alpha value is -2.44. The summed E-state index contributed by atoms with van der Waals surface area (Å²) in [6.45, 7) is 3.46. The molecule has 0 bridgehead atoms. The number of oxazole rings is 1. The third kappa shape index (κ3) is 4.51. The summed E-state index contributed by atoms with van der Waals surface area (Å²) in [5, 5.41) is 3.02. The van der Waals surface area contributed by atoms with E-state index in [2.05, 4.69) is 15.2 Å². The van der Waals surface area contributed by atoms with Gasteiger partial charge in [0.25, 0.3) is 6.01 Å². The molecule has 2 aromatic carbocycles. The second-order valence-electron chi connectivity index (χ2n) is 6.79. The highest BCUT2D eigenvalue weighted by molar-refractivity contribution is 5.94. The van der Waals surface area contributed by atoms with Crippen molar-refractivity contribution in [2.75, 3.05) is 29.0 Å². The number of carbonyl (C=O) groups excluding carboxylic acids is 1. The van der Waals surface area contributed by atoms with Gasteiger partial charge in [-0.2, -0.15) is 4.98 Å². The number of halogens is 2. The molecule has 0 unspecified atom stereocenters. The highest BCUT2D eigenvalue weighted by atomic mass is 35.5. The Morgan fingerprint density at radius 2 is 1.89 bits per heavy atom. The number of piperidine rings is 1. The number of nitrogens with two attached hydrogens (primary N) is 1. The monoisotopic (exact) mass is 422 g/mol. The van der Waals surface area contributed by atoms with E-state index in [0.717, 1.165) is 48.3 Å². The maximum absolute atomic E-state index is 12.6. The summed E-state index contributed by atoms with van der Waals surface area (Å²) in [7, 11) is 0. The van der Waals surface area contributed by atoms with E-state index < -0.39 is 0 Å². The quantitative estimate of drug-likeness (QED) is 0.610. The van der Waals surface area contributed by atoms with Crippen molar-refractivity contribution in [1.29, 1.82) is 0 Å². The first-order valence-electron chi connectivity index (χ1n) is 8.87. The zero-order valence-electron chi connectivity index (χ0n) is 15.6. The zero-order valence-corrected chi connectivity index (χ0v) is 17.2. The average Bonchev–Trinajstić information content (AvgIpc) is 3.09. The number of hydrogen-bond acceptors (Lipinski definition) is 5. The van der Waals surface area contributed by atoms with Crippen molar-refractivity contribution in [1.82, 2.24) is 4.98 Å². The summed E-state index contributed by atoms with van der Waals surface area (Å²) in [5.41, 5.74) is 9.92. The largest absolute Gasteiger partial charge is 0.423 e. The van der Waals surface area contributed by atoms with Gasteiger partial charge < -0.3 is 20.4 Å². The normalized spacial score (nSPS) is 14.2. The van der Waals surface area contributed by atoms with Gasteiger partial charge in [-0.3, -0.25) is 4.79 Å². The van der Waals surface area contributed by atoms with E-state index in [1.54, 1.807) is 6.07 Å². The van der Waals surface area contributed by atoms with Crippen molar-refractivity contribution in [3.05, 3.63) is 48.0 Å². The number of rotatable bonds is 3. The predicted octanol–water partition coefficient (Wildman–Crippen LogP) is 4.42. The molecule has 6 nitrogen and oxygen atoms in total. The van der Waals surface area contributed by atoms with Gasteiger partial charge in [-0.15, -0.1) is 24.8 Å². The van der Waals surface area contributed by atoms with E-state index in [9.17, 15) is 4.79 Å². The summed E-state index contributed by atoms with van der Waals surface area (Å²) in [5.74, 6) is 0.0346. The first kappa shape index (κ1) is 21.9. The molecule has 1 aliphatic rings. The molecule has 1 fully saturated rings. The van der Waals surface area contributed by atoms with Gasteiger partial charge in [-0.25, -0.2) is 0 Å². The van der Waals surface area contributed by atoms with Gasteiger partial charge in [-0.1, -0.05) is 18.2 Å². The van der Waals surface area contributed by atoms with Gasteiger partial charge >= 0.3 is 0 Å². The van der Waals surface area contributed by atoms with E-state index in [4.69, 9.17) is 10.2 Å². The van der Waals surface area contributed by atoms with E-state index >= 15 is 0 Å². The number of amides is 1. The molecule has 0 aliphatic carbocycles. The van der Waals surface area contributed by atoms with Gasteiger partial charge in [-0.05, 0) is 49.6 Å². The van der Waals surface area contributed by atoms with Crippen molar-refractivity contribution < 1.29 is 9.21 Å². The highest BCUT2D eigenvalue weighted by Crippen LogP contribution is 2.27. The molecule has 8 heteroatoms. The Morgan fingerprint density at radius 1 is 1.18 bits per heavy atom. The Bertz CT molecular complexity index is 919. The van der Waals surface area contributed by atoms with E-state index in [1.807, 2.05) is 43.3 Å². The molecule has 0 saturated carbocycles. The lowest BCUT2D eigenvalue weighted by Gasteiger charge is -2.30. The average molecular weight is 423 g/mol. The van der Waals surface area contributed by atoms with Crippen molar-refractivity contribution in [2.24, 2.45) is 5.92 Å². The van der Waals surface area contributed by atoms with Crippen molar-refractivity contribution in [2.45, 2.75) is 19.8 Å². The third-order valence-corrected chi connectivity index (χ3v) is 4.94. The van der Waals surface area contributed by atoms with Crippen LogP contribution < -0.4 is 16.0 Å². The minimum atomic E-state index is -0.0172. The Morgan fingerprint density at radius 3 is 2.61 bits per heavy atom. The number of aryl methyl sites for hydroxylation is 1. The fraction of sp³-hybridized carbons (Fsp3) is 0.300. The number of aromatic nitrogens is 1. The van der Waals surface area contributed by atoms with Gasteiger partial charge in [0.05, 0.1) is 0 Å². The van der Waals surface area contributed by atoms with Crippen LogP contribution in [0, 0.1) is 12.8 Å². The first-order valence-corrected chi connectivity index (χ1v) is 8.87. The van der Waals surface area contributed by atoms with Gasteiger partial charge in [0.15, 0.2) is 5.58 Å². The zero-order chi connectivity index (χ0) is 18.1. The molecule has 1 amide bonds. The maximum atomic E-state index is 12.6. The van der Waals surface area contributed by atoms with E-state index in [0.29, 0.717) is 11.7 Å². The second kappa shape index (κ2) is 9.17. The lowest BCUT2D eigenvalue weighted by molar-refractivity contribution is -0.120. The van der Waals surface area contributed by atoms with Crippen LogP contribution in [-0.4, -0.2) is 24.0 Å². The molecule has 4 rings (SSSR count). The summed E-state index contributed by atoms with van der Waals surface area (Å²) < 4.78 is 5.83. The number of fused-ring (bicyclic) bond motifs is 1. The number of nitrogen functional groups attached to an aromatic ring is 1. The molecule has 0 atom stereocenters. The minimum absolute atomic E-state index is 0. The second-order valence-corrected chi connectivity index (χ2v) is 6.79. The molecule has 28 heavy (non-hydrogen) atoms. The Balaban J connectivity index is 0.00000140. The van der Waals surface area contributed by atoms with E-state index in [1.165, 1.54) is 0 Å². The Labute approximate surface area is 176 Å². The fourth-order valence-electron chi connectivity index (χ4n) is 3.34. The van der Waals surface area contributed by atoms with Crippen molar-refractivity contribution in [3.63, 3.8) is 0 Å². The standard InChI is InChI=1S/C20H22N4O2.2ClH/c1-13-6-7-15(21)12-17(13)22-19(25)14-8-10-24(11-9-14)20-23-16-4-2-3-5-18(16)26-20;;/h2-7,12,14H,8-11,21H2,1H3,(H,22,25);2*1H. The van der Waals surface area contributed by atoms with Crippen molar-refractivity contribution in [3.8, 4) is 0 Å². The van der Waals surface area contributed by atoms with Crippen LogP contribution in [0.15, 0.2) is 46.9 Å². The summed E-state index contributed by atoms with van der Waals surface area (Å²) in [6, 6.07) is 13.9. The van der Waals surface area contributed by atoms with Crippen LogP contribution in [0.5, 0.6) is 0 Å². The first-order chi connectivity index (χ1) is 12.6. The lowest BCUT2D eigenvalue weighted by Crippen LogP contribution is -2.38. The summed E-state index contributed by atoms with van der Waals surface area (Å²) >= 11 is 0. The molecular formula is C20H24Cl2N4O2. The lowest BCUT2D eigenvalue weighted by atomic mass is 9.96. The predicted molar refractivity (Wildman–Crippen MR) is 118 cm³/mol. The van der Waals surface area contributed by atoms with Crippen LogP contribution in [0.4, 0.5) is 17.4 Å². The minimum Gasteiger partial charge on any atom is -0.423 e. The van der Waals surface area contributed by atoms with Crippen LogP contribution in [-0.2, 0) is 4.79 Å². The molecule has 0 spiro atoms. The van der Waals surface area contributed by atoms with Crippen LogP contribution in [0.25, 0.3) is 11.1 Å². The summed E-state index contributed by atoms with van der Waals surface area (Å²) in [4.78, 5) is 19.3. The SMILES string of the molecule is Cc1ccc(N)cc1NC(=O)C1CCN(c2nc3ccccc3o2)CC1.Cl.Cl. The number of anilines is 3. The summed E-state index contributed by atoms with van der Waals surface area (Å²) in [6.07, 6.45) is 1.54. The third-order valence-electron chi connectivity index (χ3n) is 4.94. The molecule has 1 aliphatic heterocycles. The van der Waals surface area contributed by atoms with E-state index in [-0.39, 0.29) is 36.6 Å². The molecule has 2 heterocycles. The van der Waals surface area contributed by atoms with Crippen LogP contribution >= 0.6 is 24.8 Å². The fourth-order valence-corrected chi connectivity index (χ4v) is 3.34. The molecule has 150 valence electrons. The van der Waals surface area contributed by atoms with Crippen LogP contribution in [0.1, 0.15) is 18.4 Å². The maximum Gasteiger partial charge on any atom is 0.298 e. The molecule has 3 N–H and O–H groups in total. The van der Waals surface area contributed by atoms with Crippen LogP contribution in [0.2, 0.25) is 0 Å². The topological polar surface area (TPSA) is 84.4 Å². The number of hydrogen-bond donors (Lipinski definition) is 2. The van der Waals surface area contributed by atoms with Crippen LogP contribution in [0.3, 0.4) is 0 Å². The number of nitrogens with zero attached hydrogens (tertiary/aromatic N) is 2.